The van der Waals surface area contributed by atoms with Crippen molar-refractivity contribution < 1.29 is 38.6 Å². The molecule has 5 amide bonds. The standard InChI is InChI=1S/C51H58N10O8/c1-34-11-16-38(30-42(34)57-51-53-21-19-40(56-51)37-8-7-20-52-31-37)54-47(64)36-14-12-35(13-15-36)32-60-25-23-59(24-26-60)22-4-2-3-5-27-68-28-29-69-33-45(63)55-41-10-6-9-39-46(41)50(67)61(49(39)66)43-17-18-44(62)58-48(43)65/h6-16,19-21,30-31,43-44,62H,2-5,17-18,22-29,32-33H2,1H3,(H,54,64)(H,55,63)(H,58,65)(H,53,56,57). The number of aromatic nitrogens is 3. The van der Waals surface area contributed by atoms with Gasteiger partial charge in [0.05, 0.1) is 35.7 Å². The molecule has 0 saturated carbocycles. The van der Waals surface area contributed by atoms with Gasteiger partial charge in [0.2, 0.25) is 17.8 Å². The first kappa shape index (κ1) is 48.5. The number of aliphatic hydroxyl groups excluding tert-OH is 1. The highest BCUT2D eigenvalue weighted by atomic mass is 16.5. The monoisotopic (exact) mass is 938 g/mol. The number of hydrogen-bond donors (Lipinski definition) is 5. The Kier molecular flexibility index (Phi) is 16.4. The third-order valence-corrected chi connectivity index (χ3v) is 12.4. The van der Waals surface area contributed by atoms with Crippen LogP contribution in [0.1, 0.15) is 80.7 Å². The summed E-state index contributed by atoms with van der Waals surface area (Å²) in [6, 6.07) is 22.7. The molecule has 3 aromatic carbocycles. The number of nitrogens with one attached hydrogen (secondary N) is 4. The summed E-state index contributed by atoms with van der Waals surface area (Å²) in [4.78, 5) is 83.8. The van der Waals surface area contributed by atoms with Gasteiger partial charge in [0, 0.05) is 80.4 Å². The second-order valence-electron chi connectivity index (χ2n) is 17.4. The summed E-state index contributed by atoms with van der Waals surface area (Å²) >= 11 is 0. The number of aliphatic hydroxyl groups is 1. The number of anilines is 4. The Morgan fingerprint density at radius 1 is 0.797 bits per heavy atom. The van der Waals surface area contributed by atoms with E-state index in [1.54, 1.807) is 24.7 Å². The number of ether oxygens (including phenoxy) is 2. The lowest BCUT2D eigenvalue weighted by Gasteiger charge is -2.34. The Labute approximate surface area is 400 Å². The molecule has 0 spiro atoms. The number of pyridine rings is 1. The highest BCUT2D eigenvalue weighted by Gasteiger charge is 2.45. The Morgan fingerprint density at radius 2 is 1.59 bits per heavy atom. The predicted octanol–water partition coefficient (Wildman–Crippen LogP) is 5.39. The molecule has 69 heavy (non-hydrogen) atoms. The minimum Gasteiger partial charge on any atom is -0.379 e. The van der Waals surface area contributed by atoms with Crippen molar-refractivity contribution >= 4 is 52.5 Å². The van der Waals surface area contributed by atoms with Crippen LogP contribution in [-0.4, -0.2) is 136 Å². The molecule has 0 bridgehead atoms. The largest absolute Gasteiger partial charge is 0.379 e. The molecule has 8 rings (SSSR count). The van der Waals surface area contributed by atoms with E-state index in [2.05, 4.69) is 46.0 Å². The van der Waals surface area contributed by atoms with E-state index < -0.39 is 35.9 Å². The first-order valence-corrected chi connectivity index (χ1v) is 23.5. The van der Waals surface area contributed by atoms with Crippen LogP contribution >= 0.6 is 0 Å². The van der Waals surface area contributed by atoms with Gasteiger partial charge in [-0.3, -0.25) is 38.8 Å². The van der Waals surface area contributed by atoms with E-state index >= 15 is 0 Å². The van der Waals surface area contributed by atoms with Crippen LogP contribution in [0.25, 0.3) is 11.3 Å². The van der Waals surface area contributed by atoms with Crippen LogP contribution < -0.4 is 21.3 Å². The summed E-state index contributed by atoms with van der Waals surface area (Å²) in [6.07, 6.45) is 8.75. The van der Waals surface area contributed by atoms with Crippen molar-refractivity contribution in [1.82, 2.24) is 35.0 Å². The highest BCUT2D eigenvalue weighted by Crippen LogP contribution is 2.33. The summed E-state index contributed by atoms with van der Waals surface area (Å²) in [7, 11) is 0. The average molecular weight is 939 g/mol. The molecule has 2 unspecified atom stereocenters. The van der Waals surface area contributed by atoms with E-state index in [0.717, 1.165) is 92.4 Å². The highest BCUT2D eigenvalue weighted by molar-refractivity contribution is 6.25. The predicted molar refractivity (Wildman–Crippen MR) is 259 cm³/mol. The van der Waals surface area contributed by atoms with Crippen molar-refractivity contribution in [3.05, 3.63) is 125 Å². The van der Waals surface area contributed by atoms with Gasteiger partial charge in [-0.1, -0.05) is 37.1 Å². The number of imide groups is 1. The van der Waals surface area contributed by atoms with Gasteiger partial charge in [-0.25, -0.2) is 9.97 Å². The number of rotatable bonds is 21. The second kappa shape index (κ2) is 23.4. The molecular weight excluding hydrogens is 881 g/mol. The minimum atomic E-state index is -1.03. The van der Waals surface area contributed by atoms with Gasteiger partial charge in [0.25, 0.3) is 17.7 Å². The third kappa shape index (κ3) is 12.8. The molecule has 3 aliphatic heterocycles. The summed E-state index contributed by atoms with van der Waals surface area (Å²) < 4.78 is 11.2. The molecular formula is C51H58N10O8. The summed E-state index contributed by atoms with van der Waals surface area (Å²) in [5.74, 6) is -2.11. The molecule has 3 aliphatic rings. The summed E-state index contributed by atoms with van der Waals surface area (Å²) in [5.41, 5.74) is 6.15. The van der Waals surface area contributed by atoms with Crippen LogP contribution in [0.5, 0.6) is 0 Å². The SMILES string of the molecule is Cc1ccc(NC(=O)c2ccc(CN3CCN(CCCCCCOCCOCC(=O)Nc4cccc5c4C(=O)N(C4CCC(O)NC4=O)C5=O)CC3)cc2)cc1Nc1nccc(-c2cccnc2)n1. The number of carbonyl (C=O) groups is 5. The lowest BCUT2D eigenvalue weighted by molar-refractivity contribution is -0.131. The number of piperidine rings is 1. The van der Waals surface area contributed by atoms with Crippen LogP contribution in [0.2, 0.25) is 0 Å². The van der Waals surface area contributed by atoms with Gasteiger partial charge in [-0.2, -0.15) is 0 Å². The molecule has 2 saturated heterocycles. The van der Waals surface area contributed by atoms with Crippen molar-refractivity contribution in [2.45, 2.75) is 64.3 Å². The van der Waals surface area contributed by atoms with Gasteiger partial charge in [-0.05, 0) is 105 Å². The molecule has 5 N–H and O–H groups in total. The Morgan fingerprint density at radius 3 is 2.39 bits per heavy atom. The Hall–Kier alpha value is -6.96. The number of unbranched alkanes of at least 4 members (excludes halogenated alkanes) is 3. The number of fused-ring (bicyclic) bond motifs is 1. The van der Waals surface area contributed by atoms with E-state index in [1.165, 1.54) is 17.7 Å². The van der Waals surface area contributed by atoms with E-state index in [0.29, 0.717) is 30.4 Å². The van der Waals surface area contributed by atoms with Crippen molar-refractivity contribution in [3.63, 3.8) is 0 Å². The van der Waals surface area contributed by atoms with Gasteiger partial charge >= 0.3 is 0 Å². The van der Waals surface area contributed by atoms with Crippen molar-refractivity contribution in [2.75, 3.05) is 75.1 Å². The molecule has 2 aromatic heterocycles. The molecule has 2 fully saturated rings. The van der Waals surface area contributed by atoms with Gasteiger partial charge in [0.15, 0.2) is 0 Å². The van der Waals surface area contributed by atoms with Crippen LogP contribution in [0.15, 0.2) is 97.5 Å². The van der Waals surface area contributed by atoms with Crippen LogP contribution in [0, 0.1) is 6.92 Å². The van der Waals surface area contributed by atoms with Gasteiger partial charge in [-0.15, -0.1) is 0 Å². The Balaban J connectivity index is 0.656. The minimum absolute atomic E-state index is 0.0295. The first-order chi connectivity index (χ1) is 33.6. The summed E-state index contributed by atoms with van der Waals surface area (Å²) in [5, 5.41) is 21.0. The lowest BCUT2D eigenvalue weighted by atomic mass is 10.0. The maximum absolute atomic E-state index is 13.3. The fourth-order valence-corrected chi connectivity index (χ4v) is 8.62. The first-order valence-electron chi connectivity index (χ1n) is 23.5. The fourth-order valence-electron chi connectivity index (χ4n) is 8.62. The molecule has 0 radical (unpaired) electrons. The van der Waals surface area contributed by atoms with E-state index in [9.17, 15) is 29.1 Å². The topological polar surface area (TPSA) is 221 Å². The molecule has 18 heteroatoms. The number of nitrogens with zero attached hydrogens (tertiary/aromatic N) is 6. The van der Waals surface area contributed by atoms with Gasteiger partial charge < -0.3 is 40.7 Å². The summed E-state index contributed by atoms with van der Waals surface area (Å²) in [6.45, 7) is 8.82. The van der Waals surface area contributed by atoms with Crippen molar-refractivity contribution in [1.29, 1.82) is 0 Å². The normalized spacial score (nSPS) is 17.4. The number of hydrogen-bond acceptors (Lipinski definition) is 14. The van der Waals surface area contributed by atoms with Gasteiger partial charge in [0.1, 0.15) is 18.9 Å². The smallest absolute Gasteiger partial charge is 0.264 e. The number of amides is 5. The third-order valence-electron chi connectivity index (χ3n) is 12.4. The van der Waals surface area contributed by atoms with Crippen molar-refractivity contribution in [3.8, 4) is 11.3 Å². The molecule has 5 aromatic rings. The molecule has 2 atom stereocenters. The zero-order valence-corrected chi connectivity index (χ0v) is 38.7. The average Bonchev–Trinajstić information content (AvgIpc) is 3.61. The zero-order chi connectivity index (χ0) is 48.1. The number of piperazine rings is 1. The molecule has 360 valence electrons. The molecule has 0 aliphatic carbocycles. The van der Waals surface area contributed by atoms with Crippen LogP contribution in [-0.2, 0) is 25.6 Å². The van der Waals surface area contributed by atoms with Crippen LogP contribution in [0.3, 0.4) is 0 Å². The van der Waals surface area contributed by atoms with Crippen molar-refractivity contribution in [2.24, 2.45) is 0 Å². The lowest BCUT2D eigenvalue weighted by Crippen LogP contribution is -2.55. The van der Waals surface area contributed by atoms with E-state index in [1.807, 2.05) is 67.6 Å². The van der Waals surface area contributed by atoms with E-state index in [-0.39, 0.29) is 48.8 Å². The Bertz CT molecular complexity index is 2610. The maximum Gasteiger partial charge on any atom is 0.264 e. The molecule has 5 heterocycles. The van der Waals surface area contributed by atoms with Crippen LogP contribution in [0.4, 0.5) is 23.0 Å². The quantitative estimate of drug-likeness (QED) is 0.0461. The number of aryl methyl sites for hydroxylation is 1. The number of benzene rings is 3. The zero-order valence-electron chi connectivity index (χ0n) is 38.7. The van der Waals surface area contributed by atoms with E-state index in [4.69, 9.17) is 9.47 Å². The fraction of sp³-hybridized carbons (Fsp3) is 0.373. The molecule has 18 nitrogen and oxygen atoms in total. The number of carbonyl (C=O) groups excluding carboxylic acids is 5. The maximum atomic E-state index is 13.3. The second-order valence-corrected chi connectivity index (χ2v) is 17.4.